The van der Waals surface area contributed by atoms with Crippen LogP contribution in [0.5, 0.6) is 11.5 Å². The van der Waals surface area contributed by atoms with E-state index < -0.39 is 6.10 Å². The van der Waals surface area contributed by atoms with Gasteiger partial charge in [0.25, 0.3) is 0 Å². The van der Waals surface area contributed by atoms with Crippen LogP contribution in [0.25, 0.3) is 0 Å². The smallest absolute Gasteiger partial charge is 0.161 e. The Morgan fingerprint density at radius 2 is 1.70 bits per heavy atom. The second-order valence-corrected chi connectivity index (χ2v) is 9.45. The fraction of sp³-hybridized carbons (Fsp3) is 0.357. The highest BCUT2D eigenvalue weighted by Crippen LogP contribution is 2.41. The van der Waals surface area contributed by atoms with E-state index in [0.717, 1.165) is 30.9 Å². The lowest BCUT2D eigenvalue weighted by Crippen LogP contribution is -2.41. The lowest BCUT2D eigenvalue weighted by molar-refractivity contribution is 0.107. The van der Waals surface area contributed by atoms with E-state index in [-0.39, 0.29) is 6.04 Å². The summed E-state index contributed by atoms with van der Waals surface area (Å²) in [5.74, 6) is 2.18. The summed E-state index contributed by atoms with van der Waals surface area (Å²) in [5, 5.41) is 11.0. The van der Waals surface area contributed by atoms with E-state index in [1.165, 1.54) is 27.1 Å². The predicted molar refractivity (Wildman–Crippen MR) is 136 cm³/mol. The Hall–Kier alpha value is -2.47. The van der Waals surface area contributed by atoms with E-state index in [1.807, 2.05) is 6.07 Å². The molecule has 3 aromatic rings. The Balaban J connectivity index is 1.57. The van der Waals surface area contributed by atoms with Crippen molar-refractivity contribution in [1.82, 2.24) is 4.90 Å². The number of hydrogen-bond acceptors (Lipinski definition) is 5. The number of fused-ring (bicyclic) bond motifs is 1. The van der Waals surface area contributed by atoms with Gasteiger partial charge < -0.3 is 14.6 Å². The topological polar surface area (TPSA) is 41.9 Å². The molecule has 0 radical (unpaired) electrons. The van der Waals surface area contributed by atoms with Gasteiger partial charge in [0.05, 0.1) is 26.4 Å². The van der Waals surface area contributed by atoms with Crippen LogP contribution in [0.3, 0.4) is 0 Å². The van der Waals surface area contributed by atoms with Gasteiger partial charge in [-0.25, -0.2) is 0 Å². The minimum absolute atomic E-state index is 0.0670. The summed E-state index contributed by atoms with van der Waals surface area (Å²) in [4.78, 5) is 3.67. The van der Waals surface area contributed by atoms with Crippen molar-refractivity contribution in [2.75, 3.05) is 33.1 Å². The van der Waals surface area contributed by atoms with Gasteiger partial charge in [-0.2, -0.15) is 0 Å². The van der Waals surface area contributed by atoms with E-state index in [0.29, 0.717) is 12.3 Å². The molecule has 4 rings (SSSR count). The maximum Gasteiger partial charge on any atom is 0.161 e. The van der Waals surface area contributed by atoms with Crippen molar-refractivity contribution in [2.45, 2.75) is 36.8 Å². The minimum Gasteiger partial charge on any atom is -0.493 e. The lowest BCUT2D eigenvalue weighted by Gasteiger charge is -2.39. The normalized spacial score (nSPS) is 16.8. The van der Waals surface area contributed by atoms with Crippen molar-refractivity contribution >= 4 is 11.8 Å². The second-order valence-electron chi connectivity index (χ2n) is 8.39. The van der Waals surface area contributed by atoms with Crippen LogP contribution in [0.15, 0.2) is 71.6 Å². The molecule has 1 N–H and O–H groups in total. The Bertz CT molecular complexity index is 1060. The molecule has 4 nitrogen and oxygen atoms in total. The van der Waals surface area contributed by atoms with Crippen molar-refractivity contribution < 1.29 is 14.6 Å². The van der Waals surface area contributed by atoms with Crippen LogP contribution < -0.4 is 9.47 Å². The molecule has 5 heteroatoms. The van der Waals surface area contributed by atoms with Gasteiger partial charge >= 0.3 is 0 Å². The van der Waals surface area contributed by atoms with Crippen LogP contribution in [0, 0.1) is 0 Å². The van der Waals surface area contributed by atoms with E-state index in [1.54, 1.807) is 26.0 Å². The quantitative estimate of drug-likeness (QED) is 0.432. The molecule has 1 heterocycles. The summed E-state index contributed by atoms with van der Waals surface area (Å²) in [7, 11) is 3.36. The van der Waals surface area contributed by atoms with Gasteiger partial charge in [-0.3, -0.25) is 4.90 Å². The molecular formula is C28H33NO3S. The number of hydrogen-bond donors (Lipinski definition) is 1. The van der Waals surface area contributed by atoms with Gasteiger partial charge in [-0.05, 0) is 53.3 Å². The summed E-state index contributed by atoms with van der Waals surface area (Å²) in [6.45, 7) is 3.68. The highest BCUT2D eigenvalue weighted by molar-refractivity contribution is 7.99. The molecule has 0 amide bonds. The number of nitrogens with zero attached hydrogens (tertiary/aromatic N) is 1. The molecule has 2 atom stereocenters. The Labute approximate surface area is 201 Å². The standard InChI is InChI=1S/C28H33NO3S/c1-4-20-10-8-9-13-27(20)33-19-23(30)18-29-15-14-22-16-25(31-2)26(32-3)17-24(22)28(29)21-11-6-5-7-12-21/h5-13,16-17,23,28,30H,4,14-15,18-19H2,1-3H3. The zero-order valence-electron chi connectivity index (χ0n) is 19.7. The minimum atomic E-state index is -0.423. The van der Waals surface area contributed by atoms with Crippen LogP contribution in [0.4, 0.5) is 0 Å². The molecule has 0 fully saturated rings. The lowest BCUT2D eigenvalue weighted by atomic mass is 9.87. The van der Waals surface area contributed by atoms with E-state index in [2.05, 4.69) is 72.5 Å². The number of aryl methyl sites for hydroxylation is 1. The second kappa shape index (κ2) is 11.1. The number of β-amino-alcohol motifs (C(OH)–C–C–N with tert-alkyl or cyclic N) is 1. The molecular weight excluding hydrogens is 430 g/mol. The third-order valence-corrected chi connectivity index (χ3v) is 7.58. The molecule has 0 spiro atoms. The maximum absolute atomic E-state index is 11.0. The van der Waals surface area contributed by atoms with Crippen LogP contribution in [0.2, 0.25) is 0 Å². The third kappa shape index (κ3) is 5.37. The van der Waals surface area contributed by atoms with Crippen molar-refractivity contribution in [3.63, 3.8) is 0 Å². The SMILES string of the molecule is CCc1ccccc1SCC(O)CN1CCc2cc(OC)c(OC)cc2C1c1ccccc1. The Kier molecular flexibility index (Phi) is 7.97. The molecule has 0 saturated carbocycles. The fourth-order valence-electron chi connectivity index (χ4n) is 4.67. The third-order valence-electron chi connectivity index (χ3n) is 6.32. The molecule has 2 unspecified atom stereocenters. The molecule has 1 aliphatic rings. The first-order valence-electron chi connectivity index (χ1n) is 11.6. The summed E-state index contributed by atoms with van der Waals surface area (Å²) >= 11 is 1.75. The summed E-state index contributed by atoms with van der Waals surface area (Å²) in [6.07, 6.45) is 1.49. The fourth-order valence-corrected chi connectivity index (χ4v) is 5.72. The summed E-state index contributed by atoms with van der Waals surface area (Å²) in [5.41, 5.74) is 5.06. The van der Waals surface area contributed by atoms with Gasteiger partial charge in [0.2, 0.25) is 0 Å². The van der Waals surface area contributed by atoms with E-state index in [4.69, 9.17) is 9.47 Å². The zero-order chi connectivity index (χ0) is 23.2. The van der Waals surface area contributed by atoms with Crippen molar-refractivity contribution in [2.24, 2.45) is 0 Å². The molecule has 0 aromatic heterocycles. The van der Waals surface area contributed by atoms with Crippen molar-refractivity contribution in [1.29, 1.82) is 0 Å². The molecule has 0 bridgehead atoms. The number of methoxy groups -OCH3 is 2. The van der Waals surface area contributed by atoms with Crippen LogP contribution in [-0.2, 0) is 12.8 Å². The van der Waals surface area contributed by atoms with Gasteiger partial charge in [0, 0.05) is 23.7 Å². The highest BCUT2D eigenvalue weighted by Gasteiger charge is 2.31. The van der Waals surface area contributed by atoms with Gasteiger partial charge in [0.1, 0.15) is 0 Å². The van der Waals surface area contributed by atoms with Crippen LogP contribution in [0.1, 0.15) is 35.2 Å². The van der Waals surface area contributed by atoms with Gasteiger partial charge in [-0.15, -0.1) is 11.8 Å². The average molecular weight is 464 g/mol. The van der Waals surface area contributed by atoms with E-state index >= 15 is 0 Å². The van der Waals surface area contributed by atoms with E-state index in [9.17, 15) is 5.11 Å². The van der Waals surface area contributed by atoms with Crippen molar-refractivity contribution in [3.05, 3.63) is 89.0 Å². The molecule has 1 aliphatic heterocycles. The van der Waals surface area contributed by atoms with Gasteiger partial charge in [-0.1, -0.05) is 55.5 Å². The number of aliphatic hydroxyl groups excluding tert-OH is 1. The Morgan fingerprint density at radius 3 is 2.42 bits per heavy atom. The molecule has 174 valence electrons. The summed E-state index contributed by atoms with van der Waals surface area (Å²) < 4.78 is 11.2. The number of thioether (sulfide) groups is 1. The molecule has 3 aromatic carbocycles. The van der Waals surface area contributed by atoms with Crippen molar-refractivity contribution in [3.8, 4) is 11.5 Å². The molecule has 33 heavy (non-hydrogen) atoms. The number of aliphatic hydroxyl groups is 1. The molecule has 0 saturated heterocycles. The summed E-state index contributed by atoms with van der Waals surface area (Å²) in [6, 6.07) is 23.3. The Morgan fingerprint density at radius 1 is 1.00 bits per heavy atom. The first-order valence-corrected chi connectivity index (χ1v) is 12.6. The first kappa shape index (κ1) is 23.7. The average Bonchev–Trinajstić information content (AvgIpc) is 2.87. The number of rotatable bonds is 9. The zero-order valence-corrected chi connectivity index (χ0v) is 20.5. The first-order chi connectivity index (χ1) is 16.1. The highest BCUT2D eigenvalue weighted by atomic mass is 32.2. The number of benzene rings is 3. The van der Waals surface area contributed by atoms with Crippen LogP contribution in [-0.4, -0.2) is 49.2 Å². The molecule has 0 aliphatic carbocycles. The number of ether oxygens (including phenoxy) is 2. The van der Waals surface area contributed by atoms with Crippen LogP contribution >= 0.6 is 11.8 Å². The maximum atomic E-state index is 11.0. The predicted octanol–water partition coefficient (Wildman–Crippen LogP) is 5.37. The monoisotopic (exact) mass is 463 g/mol. The largest absolute Gasteiger partial charge is 0.493 e. The van der Waals surface area contributed by atoms with Gasteiger partial charge in [0.15, 0.2) is 11.5 Å².